The lowest BCUT2D eigenvalue weighted by Gasteiger charge is -2.26. The molecular formula is C17H30F3INO5S2+. The number of halogens is 4. The minimum Gasteiger partial charge on any atom is -0.378 e. The van der Waals surface area contributed by atoms with Gasteiger partial charge in [0.2, 0.25) is 10.0 Å². The van der Waals surface area contributed by atoms with Crippen molar-refractivity contribution in [1.29, 1.82) is 0 Å². The lowest BCUT2D eigenvalue weighted by molar-refractivity contribution is -0.726. The van der Waals surface area contributed by atoms with Crippen molar-refractivity contribution in [2.24, 2.45) is 0 Å². The zero-order valence-corrected chi connectivity index (χ0v) is 20.2. The zero-order valence-electron chi connectivity index (χ0n) is 16.5. The number of alkyl halides is 5. The second-order valence-corrected chi connectivity index (χ2v) is 15.8. The Morgan fingerprint density at radius 1 is 0.931 bits per heavy atom. The van der Waals surface area contributed by atoms with Crippen LogP contribution in [0, 0.1) is 0 Å². The molecule has 0 aromatic carbocycles. The van der Waals surface area contributed by atoms with E-state index in [0.29, 0.717) is 26.8 Å². The summed E-state index contributed by atoms with van der Waals surface area (Å²) in [6, 6.07) is 0. The number of hydrogen-bond acceptors (Lipinski definition) is 5. The van der Waals surface area contributed by atoms with E-state index in [4.69, 9.17) is 4.74 Å². The highest BCUT2D eigenvalue weighted by Gasteiger charge is 2.50. The highest BCUT2D eigenvalue weighted by Crippen LogP contribution is 2.27. The molecule has 2 fully saturated rings. The molecular weight excluding hydrogens is 546 g/mol. The van der Waals surface area contributed by atoms with E-state index in [1.165, 1.54) is 0 Å². The molecule has 0 heterocycles. The highest BCUT2D eigenvalue weighted by atomic mass is 127. The zero-order chi connectivity index (χ0) is 21.7. The third-order valence-electron chi connectivity index (χ3n) is 5.38. The van der Waals surface area contributed by atoms with Crippen LogP contribution in [0.5, 0.6) is 0 Å². The van der Waals surface area contributed by atoms with Crippen molar-refractivity contribution < 1.29 is 55.9 Å². The van der Waals surface area contributed by atoms with E-state index in [9.17, 15) is 30.0 Å². The second-order valence-electron chi connectivity index (χ2n) is 7.68. The van der Waals surface area contributed by atoms with Gasteiger partial charge in [0.25, 0.3) is 21.2 Å². The molecule has 172 valence electrons. The Morgan fingerprint density at radius 3 is 1.93 bits per heavy atom. The number of rotatable bonds is 9. The van der Waals surface area contributed by atoms with Crippen molar-refractivity contribution in [2.75, 3.05) is 6.61 Å². The van der Waals surface area contributed by atoms with Crippen molar-refractivity contribution in [3.8, 4) is 0 Å². The van der Waals surface area contributed by atoms with Crippen LogP contribution in [-0.2, 0) is 24.8 Å². The van der Waals surface area contributed by atoms with Gasteiger partial charge in [0, 0.05) is 6.61 Å². The van der Waals surface area contributed by atoms with Gasteiger partial charge in [-0.05, 0) is 57.8 Å². The third kappa shape index (κ3) is 7.76. The molecule has 0 aromatic heterocycles. The van der Waals surface area contributed by atoms with E-state index >= 15 is 0 Å². The van der Waals surface area contributed by atoms with Crippen LogP contribution >= 0.6 is 0 Å². The fraction of sp³-hybridized carbons (Fsp3) is 1.00. The molecule has 12 heteroatoms. The van der Waals surface area contributed by atoms with E-state index < -0.39 is 30.8 Å². The van der Waals surface area contributed by atoms with E-state index in [0.717, 1.165) is 49.3 Å². The van der Waals surface area contributed by atoms with Gasteiger partial charge >= 0.3 is 15.5 Å². The molecule has 0 radical (unpaired) electrons. The lowest BCUT2D eigenvalue weighted by Crippen LogP contribution is -3.68. The normalized spacial score (nSPS) is 29.7. The molecule has 2 saturated carbocycles. The van der Waals surface area contributed by atoms with Gasteiger partial charge in [-0.15, -0.1) is 4.13 Å². The van der Waals surface area contributed by atoms with Gasteiger partial charge in [-0.2, -0.15) is 13.2 Å². The molecule has 0 bridgehead atoms. The number of hydrogen-bond donors (Lipinski definition) is 1. The first-order valence-corrected chi connectivity index (χ1v) is 15.5. The maximum absolute atomic E-state index is 12.4. The summed E-state index contributed by atoms with van der Waals surface area (Å²) in [5.41, 5.74) is -5.64. The summed E-state index contributed by atoms with van der Waals surface area (Å²) in [7, 11) is -10.5. The highest BCUT2D eigenvalue weighted by molar-refractivity contribution is 8.05. The molecule has 2 rings (SSSR count). The number of nitrogens with one attached hydrogen (secondary N) is 1. The van der Waals surface area contributed by atoms with Crippen LogP contribution in [-0.4, -0.2) is 48.2 Å². The van der Waals surface area contributed by atoms with Crippen molar-refractivity contribution >= 4 is 20.0 Å². The monoisotopic (exact) mass is 576 g/mol. The summed E-state index contributed by atoms with van der Waals surface area (Å²) in [4.78, 5) is 0. The topological polar surface area (TPSA) is 89.5 Å². The molecule has 0 saturated heterocycles. The van der Waals surface area contributed by atoms with Gasteiger partial charge in [0.15, 0.2) is 7.85 Å². The minimum absolute atomic E-state index is 0.125. The van der Waals surface area contributed by atoms with Crippen LogP contribution in [0.2, 0.25) is 0 Å². The third-order valence-corrected chi connectivity index (χ3v) is 13.7. The predicted octanol–water partition coefficient (Wildman–Crippen LogP) is 0.284. The number of ether oxygens (including phenoxy) is 1. The summed E-state index contributed by atoms with van der Waals surface area (Å²) in [6.45, 7) is 2.95. The minimum atomic E-state index is -5.90. The SMILES string of the molecule is CCCCOC1CCC([I+]C2CCC(S(=O)(=O)NS(=O)(=O)C(F)(F)F)CC2)CC1. The largest absolute Gasteiger partial charge is 0.512 e. The maximum Gasteiger partial charge on any atom is 0.512 e. The summed E-state index contributed by atoms with van der Waals surface area (Å²) in [6.07, 6.45) is 8.65. The van der Waals surface area contributed by atoms with Gasteiger partial charge in [-0.3, -0.25) is 0 Å². The molecule has 2 aliphatic carbocycles. The molecule has 29 heavy (non-hydrogen) atoms. The van der Waals surface area contributed by atoms with Crippen molar-refractivity contribution in [1.82, 2.24) is 4.13 Å². The van der Waals surface area contributed by atoms with Crippen LogP contribution in [0.1, 0.15) is 71.1 Å². The Bertz CT molecular complexity index is 714. The summed E-state index contributed by atoms with van der Waals surface area (Å²) in [5, 5.41) is -1.08. The van der Waals surface area contributed by atoms with Crippen molar-refractivity contribution in [3.63, 3.8) is 0 Å². The molecule has 0 spiro atoms. The van der Waals surface area contributed by atoms with Crippen molar-refractivity contribution in [2.45, 2.75) is 95.8 Å². The van der Waals surface area contributed by atoms with E-state index in [2.05, 4.69) is 6.92 Å². The Kier molecular flexibility index (Phi) is 9.51. The van der Waals surface area contributed by atoms with Crippen molar-refractivity contribution in [3.05, 3.63) is 0 Å². The Balaban J connectivity index is 1.75. The molecule has 0 aliphatic heterocycles. The van der Waals surface area contributed by atoms with Gasteiger partial charge in [0.05, 0.1) is 11.4 Å². The van der Waals surface area contributed by atoms with Crippen LogP contribution < -0.4 is 25.3 Å². The summed E-state index contributed by atoms with van der Waals surface area (Å²) >= 11 is -0.125. The molecule has 0 aromatic rings. The van der Waals surface area contributed by atoms with E-state index in [-0.39, 0.29) is 34.0 Å². The molecule has 0 amide bonds. The Hall–Kier alpha value is 0.340. The number of sulfonamides is 2. The lowest BCUT2D eigenvalue weighted by atomic mass is 9.98. The average molecular weight is 576 g/mol. The molecule has 0 atom stereocenters. The first-order valence-electron chi connectivity index (χ1n) is 10.0. The van der Waals surface area contributed by atoms with Crippen LogP contribution in [0.3, 0.4) is 0 Å². The van der Waals surface area contributed by atoms with Crippen LogP contribution in [0.15, 0.2) is 0 Å². The van der Waals surface area contributed by atoms with Gasteiger partial charge < -0.3 is 4.74 Å². The smallest absolute Gasteiger partial charge is 0.378 e. The maximum atomic E-state index is 12.4. The van der Waals surface area contributed by atoms with Gasteiger partial charge in [-0.25, -0.2) is 16.8 Å². The van der Waals surface area contributed by atoms with Crippen LogP contribution in [0.25, 0.3) is 0 Å². The quantitative estimate of drug-likeness (QED) is 0.242. The van der Waals surface area contributed by atoms with E-state index in [1.807, 2.05) is 0 Å². The summed E-state index contributed by atoms with van der Waals surface area (Å²) < 4.78 is 91.7. The fourth-order valence-corrected chi connectivity index (χ4v) is 11.0. The van der Waals surface area contributed by atoms with Gasteiger partial charge in [0.1, 0.15) is 0 Å². The van der Waals surface area contributed by atoms with Gasteiger partial charge in [-0.1, -0.05) is 13.3 Å². The van der Waals surface area contributed by atoms with E-state index in [1.54, 1.807) is 0 Å². The Morgan fingerprint density at radius 2 is 1.45 bits per heavy atom. The first-order chi connectivity index (χ1) is 13.4. The molecule has 1 N–H and O–H groups in total. The predicted molar refractivity (Wildman–Crippen MR) is 100.0 cm³/mol. The van der Waals surface area contributed by atoms with Crippen LogP contribution in [0.4, 0.5) is 13.2 Å². The molecule has 0 unspecified atom stereocenters. The standard InChI is InChI=1S/C17H30F3INO5S2/c1-2-3-12-27-15-8-4-13(5-9-15)21-14-6-10-16(11-7-14)28(23,24)22-29(25,26)17(18,19)20/h13-16,22H,2-12H2,1H3/q+1. The summed E-state index contributed by atoms with van der Waals surface area (Å²) in [5.74, 6) is 0. The second kappa shape index (κ2) is 10.8. The first kappa shape index (κ1) is 25.6. The Labute approximate surface area is 182 Å². The molecule has 6 nitrogen and oxygen atoms in total. The number of unbranched alkanes of at least 4 members (excludes halogenated alkanes) is 1. The molecule has 2 aliphatic rings. The fourth-order valence-electron chi connectivity index (χ4n) is 3.69. The average Bonchev–Trinajstić information content (AvgIpc) is 2.62.